The van der Waals surface area contributed by atoms with Crippen LogP contribution in [-0.4, -0.2) is 51.1 Å². The van der Waals surface area contributed by atoms with Gasteiger partial charge in [-0.3, -0.25) is 0 Å². The van der Waals surface area contributed by atoms with Gasteiger partial charge in [0.25, 0.3) is 0 Å². The zero-order chi connectivity index (χ0) is 72.0. The van der Waals surface area contributed by atoms with Gasteiger partial charge in [0, 0.05) is 54.9 Å². The lowest BCUT2D eigenvalue weighted by Gasteiger charge is -2.35. The molecule has 0 amide bonds. The number of aromatic hydroxyl groups is 10. The molecule has 1 unspecified atom stereocenters. The van der Waals surface area contributed by atoms with E-state index in [1.807, 2.05) is 140 Å². The van der Waals surface area contributed by atoms with Crippen LogP contribution in [0.2, 0.25) is 0 Å². The third kappa shape index (κ3) is 12.7. The lowest BCUT2D eigenvalue weighted by Crippen LogP contribution is -2.27. The highest BCUT2D eigenvalue weighted by molar-refractivity contribution is 5.65. The van der Waals surface area contributed by atoms with Crippen molar-refractivity contribution in [3.63, 3.8) is 0 Å². The van der Waals surface area contributed by atoms with Gasteiger partial charge in [-0.15, -0.1) is 0 Å². The summed E-state index contributed by atoms with van der Waals surface area (Å²) < 4.78 is 0. The number of phenols is 10. The van der Waals surface area contributed by atoms with Crippen LogP contribution in [0.3, 0.4) is 0 Å². The van der Waals surface area contributed by atoms with Crippen molar-refractivity contribution < 1.29 is 51.1 Å². The maximum atomic E-state index is 13.0. The molecule has 10 rings (SSSR count). The number of aryl methyl sites for hydroxylation is 6. The Bertz CT molecular complexity index is 4460. The second kappa shape index (κ2) is 26.6. The molecule has 0 aliphatic rings. The van der Waals surface area contributed by atoms with E-state index in [0.717, 1.165) is 145 Å². The molecule has 10 N–H and O–H groups in total. The van der Waals surface area contributed by atoms with Crippen molar-refractivity contribution in [2.45, 2.75) is 188 Å². The molecule has 1 atom stereocenters. The average Bonchev–Trinajstić information content (AvgIpc) is 0.738. The molecular formula is C88H98O10. The third-order valence-electron chi connectivity index (χ3n) is 22.7. The zero-order valence-electron chi connectivity index (χ0n) is 61.0. The predicted molar refractivity (Wildman–Crippen MR) is 396 cm³/mol. The summed E-state index contributed by atoms with van der Waals surface area (Å²) >= 11 is 0. The van der Waals surface area contributed by atoms with Gasteiger partial charge in [-0.2, -0.15) is 0 Å². The molecule has 0 fully saturated rings. The summed E-state index contributed by atoms with van der Waals surface area (Å²) in [5.41, 5.74) is 24.9. The molecule has 0 radical (unpaired) electrons. The van der Waals surface area contributed by atoms with Crippen LogP contribution < -0.4 is 0 Å². The molecule has 510 valence electrons. The third-order valence-corrected chi connectivity index (χ3v) is 22.7. The van der Waals surface area contributed by atoms with E-state index in [1.165, 1.54) is 0 Å². The Morgan fingerprint density at radius 2 is 0.388 bits per heavy atom. The molecule has 0 bridgehead atoms. The molecule has 0 aliphatic carbocycles. The van der Waals surface area contributed by atoms with Gasteiger partial charge in [0.05, 0.1) is 0 Å². The Morgan fingerprint density at radius 3 is 0.643 bits per heavy atom. The van der Waals surface area contributed by atoms with Crippen LogP contribution in [0.5, 0.6) is 57.5 Å². The maximum absolute atomic E-state index is 13.0. The average molecular weight is 1320 g/mol. The van der Waals surface area contributed by atoms with Crippen LogP contribution in [-0.2, 0) is 49.4 Å². The van der Waals surface area contributed by atoms with Gasteiger partial charge in [0.15, 0.2) is 0 Å². The van der Waals surface area contributed by atoms with E-state index in [-0.39, 0.29) is 70.3 Å². The highest BCUT2D eigenvalue weighted by Gasteiger charge is 2.37. The summed E-state index contributed by atoms with van der Waals surface area (Å²) in [5, 5.41) is 117. The summed E-state index contributed by atoms with van der Waals surface area (Å²) in [6.45, 7) is 39.0. The molecule has 0 heterocycles. The smallest absolute Gasteiger partial charge is 0.125 e. The minimum absolute atomic E-state index is 0.00727. The Hall–Kier alpha value is -9.80. The van der Waals surface area contributed by atoms with E-state index < -0.39 is 10.8 Å². The monoisotopic (exact) mass is 1310 g/mol. The largest absolute Gasteiger partial charge is 0.507 e. The van der Waals surface area contributed by atoms with Crippen molar-refractivity contribution in [1.82, 2.24) is 0 Å². The van der Waals surface area contributed by atoms with Crippen molar-refractivity contribution >= 4 is 0 Å². The minimum atomic E-state index is -1.11. The summed E-state index contributed by atoms with van der Waals surface area (Å²) in [6, 6.07) is 32.9. The SMILES string of the molecule is Cc1cc(Cc2cc(C(C)(C)c3ccc(C(C)(c4cc(Cc5cc(C)c(O)c(C)c5C)c(O)c(Cc5cc(C)c(O)c(C)c5C)c4)c4cc(Cc5cc(C)c(O)c(C)c5C)c(O)c(Cc5cc(C)c(O)c(C)c5O)c4)cc3)cc(Cc3cc(C)c(O)c(C)c3C)c2O)c(C)c(C)c1O. The van der Waals surface area contributed by atoms with E-state index in [4.69, 9.17) is 0 Å². The molecule has 10 nitrogen and oxygen atoms in total. The summed E-state index contributed by atoms with van der Waals surface area (Å²) in [4.78, 5) is 0. The Kier molecular flexibility index (Phi) is 19.2. The van der Waals surface area contributed by atoms with Crippen LogP contribution in [0, 0.1) is 118 Å². The van der Waals surface area contributed by atoms with Gasteiger partial charge in [-0.25, -0.2) is 0 Å². The van der Waals surface area contributed by atoms with Crippen molar-refractivity contribution in [3.05, 3.63) is 286 Å². The van der Waals surface area contributed by atoms with Crippen molar-refractivity contribution in [2.75, 3.05) is 0 Å². The van der Waals surface area contributed by atoms with Gasteiger partial charge in [-0.1, -0.05) is 105 Å². The molecule has 0 aliphatic heterocycles. The van der Waals surface area contributed by atoms with Gasteiger partial charge in [-0.05, 0) is 314 Å². The van der Waals surface area contributed by atoms with Crippen molar-refractivity contribution in [1.29, 1.82) is 0 Å². The van der Waals surface area contributed by atoms with Crippen LogP contribution in [0.1, 0.15) is 210 Å². The highest BCUT2D eigenvalue weighted by atomic mass is 16.3. The number of phenolic OH excluding ortho intramolecular Hbond substituents is 10. The first kappa shape index (κ1) is 71.0. The highest BCUT2D eigenvalue weighted by Crippen LogP contribution is 2.49. The van der Waals surface area contributed by atoms with Crippen molar-refractivity contribution in [2.24, 2.45) is 0 Å². The predicted octanol–water partition coefficient (Wildman–Crippen LogP) is 19.2. The van der Waals surface area contributed by atoms with Gasteiger partial charge in [0.2, 0.25) is 0 Å². The normalized spacial score (nSPS) is 12.4. The van der Waals surface area contributed by atoms with E-state index in [0.29, 0.717) is 70.2 Å². The molecule has 0 aromatic heterocycles. The summed E-state index contributed by atoms with van der Waals surface area (Å²) in [7, 11) is 0. The standard InChI is InChI=1S/C88H98O10/c1-43-25-60(49(7)54(12)77(43)89)31-66-37-74(38-67(84(66)96)32-61-26-44(2)78(90)55(13)50(61)8)87(18,19)72-21-23-73(24-22-72)88(20,75-39-68(33-62-27-45(3)79(91)56(14)51(62)9)85(97)69(40-75)34-63-28-46(4)80(92)57(15)52(63)10)76-41-70(35-64-29-47(5)81(93)58(16)53(64)11)86(98)71(42-76)36-65-30-48(6)82(94)59(17)83(65)95/h21-30,37-42,89-98H,31-36H2,1-20H3. The van der Waals surface area contributed by atoms with Gasteiger partial charge >= 0.3 is 0 Å². The molecule has 10 aromatic rings. The van der Waals surface area contributed by atoms with E-state index in [9.17, 15) is 51.1 Å². The van der Waals surface area contributed by atoms with Crippen LogP contribution in [0.25, 0.3) is 0 Å². The van der Waals surface area contributed by atoms with E-state index in [1.54, 1.807) is 19.9 Å². The molecule has 0 saturated carbocycles. The Balaban J connectivity index is 1.25. The molecule has 0 spiro atoms. The van der Waals surface area contributed by atoms with Gasteiger partial charge in [0.1, 0.15) is 57.5 Å². The Morgan fingerprint density at radius 1 is 0.194 bits per heavy atom. The summed E-state index contributed by atoms with van der Waals surface area (Å²) in [6.07, 6.45) is 1.80. The summed E-state index contributed by atoms with van der Waals surface area (Å²) in [5.74, 6) is 1.45. The first-order chi connectivity index (χ1) is 45.9. The number of benzene rings is 10. The molecule has 98 heavy (non-hydrogen) atoms. The van der Waals surface area contributed by atoms with Crippen LogP contribution in [0.4, 0.5) is 0 Å². The maximum Gasteiger partial charge on any atom is 0.125 e. The second-order valence-electron chi connectivity index (χ2n) is 29.2. The number of hydrogen-bond donors (Lipinski definition) is 10. The topological polar surface area (TPSA) is 202 Å². The fourth-order valence-electron chi connectivity index (χ4n) is 15.0. The van der Waals surface area contributed by atoms with E-state index >= 15 is 0 Å². The zero-order valence-corrected chi connectivity index (χ0v) is 61.0. The first-order valence-electron chi connectivity index (χ1n) is 34.0. The molecule has 10 aromatic carbocycles. The quantitative estimate of drug-likeness (QED) is 0.0391. The van der Waals surface area contributed by atoms with E-state index in [2.05, 4.69) is 75.4 Å². The number of rotatable bonds is 17. The molecule has 0 saturated heterocycles. The first-order valence-corrected chi connectivity index (χ1v) is 34.0. The van der Waals surface area contributed by atoms with Gasteiger partial charge < -0.3 is 51.1 Å². The lowest BCUT2D eigenvalue weighted by molar-refractivity contribution is 0.436. The van der Waals surface area contributed by atoms with Crippen LogP contribution in [0.15, 0.2) is 97.1 Å². The molecule has 10 heteroatoms. The van der Waals surface area contributed by atoms with Crippen LogP contribution >= 0.6 is 0 Å². The Labute approximate surface area is 579 Å². The lowest BCUT2D eigenvalue weighted by atomic mass is 9.68. The number of hydrogen-bond acceptors (Lipinski definition) is 10. The fourth-order valence-corrected chi connectivity index (χ4v) is 15.0. The van der Waals surface area contributed by atoms with Crippen molar-refractivity contribution in [3.8, 4) is 57.5 Å². The fraction of sp³-hybridized carbons (Fsp3) is 0.318. The minimum Gasteiger partial charge on any atom is -0.507 e. The molecular weight excluding hydrogens is 1220 g/mol. The second-order valence-corrected chi connectivity index (χ2v) is 29.2.